The number of amides is 2. The zero-order valence-corrected chi connectivity index (χ0v) is 14.2. The van der Waals surface area contributed by atoms with Gasteiger partial charge in [0.15, 0.2) is 0 Å². The fraction of sp³-hybridized carbons (Fsp3) is 0.158. The topological polar surface area (TPSA) is 88.8 Å². The lowest BCUT2D eigenvalue weighted by molar-refractivity contribution is -0.123. The van der Waals surface area contributed by atoms with Crippen molar-refractivity contribution in [2.75, 3.05) is 18.6 Å². The van der Waals surface area contributed by atoms with Crippen LogP contribution in [-0.4, -0.2) is 36.1 Å². The molecule has 0 saturated carbocycles. The summed E-state index contributed by atoms with van der Waals surface area (Å²) >= 11 is 0. The maximum Gasteiger partial charge on any atom is 0.290 e. The van der Waals surface area contributed by atoms with Crippen molar-refractivity contribution in [1.29, 1.82) is 5.26 Å². The number of benzene rings is 2. The predicted octanol–water partition coefficient (Wildman–Crippen LogP) is 1.47. The third-order valence-corrected chi connectivity index (χ3v) is 3.88. The van der Waals surface area contributed by atoms with Crippen LogP contribution < -0.4 is 10.4 Å². The van der Waals surface area contributed by atoms with Crippen LogP contribution in [0, 0.1) is 11.3 Å². The molecule has 1 aliphatic rings. The maximum absolute atomic E-state index is 12.7. The van der Waals surface area contributed by atoms with Crippen molar-refractivity contribution in [3.8, 4) is 6.07 Å². The summed E-state index contributed by atoms with van der Waals surface area (Å²) in [7, 11) is 1.65. The number of nitriles is 1. The molecular weight excluding hydrogens is 330 g/mol. The number of para-hydroxylation sites is 1. The van der Waals surface area contributed by atoms with Gasteiger partial charge >= 0.3 is 0 Å². The maximum atomic E-state index is 12.7. The van der Waals surface area contributed by atoms with Crippen molar-refractivity contribution in [3.05, 3.63) is 65.7 Å². The van der Waals surface area contributed by atoms with E-state index in [2.05, 4.69) is 16.5 Å². The van der Waals surface area contributed by atoms with E-state index >= 15 is 0 Å². The molecule has 0 saturated heterocycles. The summed E-state index contributed by atoms with van der Waals surface area (Å²) in [5, 5.41) is 10.3. The summed E-state index contributed by atoms with van der Waals surface area (Å²) in [6.45, 7) is 0.231. The highest BCUT2D eigenvalue weighted by molar-refractivity contribution is 6.39. The van der Waals surface area contributed by atoms with Crippen LogP contribution in [0.25, 0.3) is 0 Å². The van der Waals surface area contributed by atoms with Gasteiger partial charge in [-0.15, -0.1) is 0 Å². The van der Waals surface area contributed by atoms with Crippen LogP contribution in [-0.2, 0) is 16.1 Å². The Hall–Kier alpha value is -3.66. The van der Waals surface area contributed by atoms with Crippen molar-refractivity contribution >= 4 is 23.3 Å². The molecule has 0 atom stereocenters. The molecule has 2 aromatic rings. The molecule has 1 heterocycles. The van der Waals surface area contributed by atoms with Crippen LogP contribution in [0.4, 0.5) is 5.69 Å². The van der Waals surface area contributed by atoms with Gasteiger partial charge in [0.1, 0.15) is 6.54 Å². The van der Waals surface area contributed by atoms with Crippen molar-refractivity contribution < 1.29 is 9.59 Å². The van der Waals surface area contributed by atoms with Gasteiger partial charge in [-0.1, -0.05) is 30.3 Å². The number of anilines is 1. The molecule has 3 rings (SSSR count). The molecule has 0 aliphatic carbocycles. The zero-order valence-electron chi connectivity index (χ0n) is 14.2. The van der Waals surface area contributed by atoms with Gasteiger partial charge < -0.3 is 4.90 Å². The van der Waals surface area contributed by atoms with E-state index in [4.69, 9.17) is 5.26 Å². The van der Waals surface area contributed by atoms with Gasteiger partial charge in [0.2, 0.25) is 5.84 Å². The Morgan fingerprint density at radius 2 is 2.04 bits per heavy atom. The second-order valence-corrected chi connectivity index (χ2v) is 5.81. The van der Waals surface area contributed by atoms with Crippen LogP contribution in [0.3, 0.4) is 0 Å². The lowest BCUT2D eigenvalue weighted by Crippen LogP contribution is -2.55. The van der Waals surface area contributed by atoms with E-state index in [1.807, 2.05) is 24.3 Å². The molecule has 0 aromatic heterocycles. The van der Waals surface area contributed by atoms with Crippen molar-refractivity contribution in [1.82, 2.24) is 10.3 Å². The minimum Gasteiger partial charge on any atom is -0.335 e. The number of aliphatic imine (C=N–C) groups is 1. The number of hydrogen-bond acceptors (Lipinski definition) is 5. The van der Waals surface area contributed by atoms with Gasteiger partial charge in [-0.25, -0.2) is 5.01 Å². The largest absolute Gasteiger partial charge is 0.335 e. The number of nitrogens with one attached hydrogen (secondary N) is 1. The molecule has 0 unspecified atom stereocenters. The Kier molecular flexibility index (Phi) is 4.94. The number of carbonyl (C=O) groups excluding carboxylic acids is 2. The van der Waals surface area contributed by atoms with E-state index in [-0.39, 0.29) is 24.2 Å². The number of hydrogen-bond donors (Lipinski definition) is 1. The summed E-state index contributed by atoms with van der Waals surface area (Å²) in [5.74, 6) is -0.467. The highest BCUT2D eigenvalue weighted by atomic mass is 16.2. The summed E-state index contributed by atoms with van der Waals surface area (Å²) in [6.07, 6.45) is 0. The summed E-state index contributed by atoms with van der Waals surface area (Å²) in [5.41, 5.74) is 4.82. The molecule has 2 aromatic carbocycles. The molecule has 1 N–H and O–H groups in total. The first-order valence-corrected chi connectivity index (χ1v) is 8.02. The molecule has 0 bridgehead atoms. The Morgan fingerprint density at radius 3 is 2.77 bits per heavy atom. The number of amidine groups is 1. The molecule has 7 heteroatoms. The van der Waals surface area contributed by atoms with Gasteiger partial charge in [0.25, 0.3) is 11.8 Å². The van der Waals surface area contributed by atoms with E-state index in [1.165, 1.54) is 9.91 Å². The normalized spacial score (nSPS) is 13.5. The monoisotopic (exact) mass is 347 g/mol. The molecule has 2 amide bonds. The molecule has 0 radical (unpaired) electrons. The number of nitrogens with zero attached hydrogens (tertiary/aromatic N) is 4. The minimum atomic E-state index is -0.333. The Bertz CT molecular complexity index is 902. The van der Waals surface area contributed by atoms with Crippen LogP contribution >= 0.6 is 0 Å². The SMILES string of the molecule is CN(Cc1cccc(C#N)c1)C(=O)C1=NCC(=O)N(c2ccccc2)N1. The van der Waals surface area contributed by atoms with Gasteiger partial charge in [0.05, 0.1) is 17.3 Å². The highest BCUT2D eigenvalue weighted by Crippen LogP contribution is 2.14. The number of rotatable bonds is 4. The van der Waals surface area contributed by atoms with Gasteiger partial charge in [-0.3, -0.25) is 20.0 Å². The molecule has 26 heavy (non-hydrogen) atoms. The lowest BCUT2D eigenvalue weighted by Gasteiger charge is -2.29. The summed E-state index contributed by atoms with van der Waals surface area (Å²) < 4.78 is 0. The zero-order chi connectivity index (χ0) is 18.5. The standard InChI is InChI=1S/C19H17N5O2/c1-23(13-15-7-5-6-14(10-15)11-20)19(26)18-21-12-17(25)24(22-18)16-8-3-2-4-9-16/h2-10H,12-13H2,1H3,(H,21,22). The molecule has 0 fully saturated rings. The fourth-order valence-electron chi connectivity index (χ4n) is 2.59. The van der Waals surface area contributed by atoms with Gasteiger partial charge in [-0.2, -0.15) is 5.26 Å². The smallest absolute Gasteiger partial charge is 0.290 e. The molecule has 1 aliphatic heterocycles. The minimum absolute atomic E-state index is 0.0965. The Labute approximate surface area is 151 Å². The quantitative estimate of drug-likeness (QED) is 0.907. The second kappa shape index (κ2) is 7.49. The van der Waals surface area contributed by atoms with Gasteiger partial charge in [-0.05, 0) is 29.8 Å². The summed E-state index contributed by atoms with van der Waals surface area (Å²) in [6, 6.07) is 18.2. The van der Waals surface area contributed by atoms with Crippen molar-refractivity contribution in [2.45, 2.75) is 6.54 Å². The van der Waals surface area contributed by atoms with Crippen LogP contribution in [0.1, 0.15) is 11.1 Å². The van der Waals surface area contributed by atoms with E-state index < -0.39 is 0 Å². The van der Waals surface area contributed by atoms with E-state index in [1.54, 1.807) is 37.4 Å². The molecule has 130 valence electrons. The first kappa shape index (κ1) is 17.2. The molecular formula is C19H17N5O2. The second-order valence-electron chi connectivity index (χ2n) is 5.81. The van der Waals surface area contributed by atoms with Crippen molar-refractivity contribution in [3.63, 3.8) is 0 Å². The number of carbonyl (C=O) groups is 2. The molecule has 7 nitrogen and oxygen atoms in total. The number of likely N-dealkylation sites (N-methyl/N-ethyl adjacent to an activating group) is 1. The van der Waals surface area contributed by atoms with Crippen LogP contribution in [0.15, 0.2) is 59.6 Å². The Morgan fingerprint density at radius 1 is 1.27 bits per heavy atom. The first-order chi connectivity index (χ1) is 12.6. The Balaban J connectivity index is 1.72. The number of hydrazine groups is 1. The highest BCUT2D eigenvalue weighted by Gasteiger charge is 2.27. The lowest BCUT2D eigenvalue weighted by atomic mass is 10.1. The van der Waals surface area contributed by atoms with Crippen LogP contribution in [0.5, 0.6) is 0 Å². The van der Waals surface area contributed by atoms with E-state index in [0.717, 1.165) is 5.56 Å². The fourth-order valence-corrected chi connectivity index (χ4v) is 2.59. The first-order valence-electron chi connectivity index (χ1n) is 8.02. The summed E-state index contributed by atoms with van der Waals surface area (Å²) in [4.78, 5) is 30.3. The van der Waals surface area contributed by atoms with Gasteiger partial charge in [0, 0.05) is 13.6 Å². The third-order valence-electron chi connectivity index (χ3n) is 3.88. The van der Waals surface area contributed by atoms with Crippen LogP contribution in [0.2, 0.25) is 0 Å². The average Bonchev–Trinajstić information content (AvgIpc) is 2.68. The van der Waals surface area contributed by atoms with Crippen molar-refractivity contribution in [2.24, 2.45) is 4.99 Å². The predicted molar refractivity (Wildman–Crippen MR) is 97.0 cm³/mol. The van der Waals surface area contributed by atoms with E-state index in [0.29, 0.717) is 17.8 Å². The third kappa shape index (κ3) is 3.70. The molecule has 0 spiro atoms. The average molecular weight is 347 g/mol. The van der Waals surface area contributed by atoms with E-state index in [9.17, 15) is 9.59 Å².